The highest BCUT2D eigenvalue weighted by Crippen LogP contribution is 2.32. The van der Waals surface area contributed by atoms with Crippen molar-refractivity contribution in [3.05, 3.63) is 89.7 Å². The van der Waals surface area contributed by atoms with Crippen molar-refractivity contribution in [2.24, 2.45) is 0 Å². The molecule has 0 saturated heterocycles. The number of aryl methyl sites for hydroxylation is 1. The molecule has 0 unspecified atom stereocenters. The first-order valence-corrected chi connectivity index (χ1v) is 12.4. The number of rotatable bonds is 6. The van der Waals surface area contributed by atoms with Crippen LogP contribution in [0.5, 0.6) is 0 Å². The lowest BCUT2D eigenvalue weighted by Gasteiger charge is -2.11. The van der Waals surface area contributed by atoms with Crippen molar-refractivity contribution in [3.8, 4) is 16.8 Å². The Bertz CT molecular complexity index is 1600. The molecule has 1 aliphatic rings. The van der Waals surface area contributed by atoms with Gasteiger partial charge in [-0.25, -0.2) is 4.68 Å². The van der Waals surface area contributed by atoms with Gasteiger partial charge in [0.2, 0.25) is 0 Å². The highest BCUT2D eigenvalue weighted by Gasteiger charge is 2.24. The first kappa shape index (κ1) is 22.4. The summed E-state index contributed by atoms with van der Waals surface area (Å²) in [6, 6.07) is 23.1. The number of hydrogen-bond acceptors (Lipinski definition) is 4. The van der Waals surface area contributed by atoms with Crippen LogP contribution in [0.1, 0.15) is 34.5 Å². The van der Waals surface area contributed by atoms with E-state index in [9.17, 15) is 4.79 Å². The van der Waals surface area contributed by atoms with Crippen LogP contribution in [0, 0.1) is 6.92 Å². The molecule has 2 heterocycles. The Labute approximate surface area is 210 Å². The molecule has 1 N–H and O–H groups in total. The van der Waals surface area contributed by atoms with E-state index in [2.05, 4.69) is 66.8 Å². The van der Waals surface area contributed by atoms with Gasteiger partial charge in [-0.15, -0.1) is 0 Å². The highest BCUT2D eigenvalue weighted by molar-refractivity contribution is 6.06. The maximum absolute atomic E-state index is 12.7. The van der Waals surface area contributed by atoms with Crippen molar-refractivity contribution in [1.29, 1.82) is 0 Å². The van der Waals surface area contributed by atoms with Crippen molar-refractivity contribution in [2.75, 3.05) is 14.1 Å². The summed E-state index contributed by atoms with van der Waals surface area (Å²) in [5.41, 5.74) is 7.93. The minimum Gasteiger partial charge on any atom is -0.349 e. The molecule has 0 atom stereocenters. The zero-order chi connectivity index (χ0) is 24.8. The fourth-order valence-corrected chi connectivity index (χ4v) is 4.73. The number of fused-ring (bicyclic) bond motifs is 3. The van der Waals surface area contributed by atoms with E-state index < -0.39 is 0 Å². The van der Waals surface area contributed by atoms with Crippen molar-refractivity contribution in [3.63, 3.8) is 0 Å². The molecule has 6 heteroatoms. The molecule has 6 nitrogen and oxygen atoms in total. The van der Waals surface area contributed by atoms with Crippen LogP contribution in [0.3, 0.4) is 0 Å². The molecule has 0 bridgehead atoms. The van der Waals surface area contributed by atoms with Crippen LogP contribution >= 0.6 is 0 Å². The first-order valence-electron chi connectivity index (χ1n) is 12.4. The SMILES string of the molecule is Cc1nn(-c2cccc(C(=O)NC3CC3)c2)c2c1cnc1ccc(-c3ccc(CN(C)C)cc3)cc12. The van der Waals surface area contributed by atoms with E-state index in [0.717, 1.165) is 63.7 Å². The van der Waals surface area contributed by atoms with Crippen LogP contribution in [0.25, 0.3) is 38.6 Å². The number of carbonyl (C=O) groups is 1. The summed E-state index contributed by atoms with van der Waals surface area (Å²) in [6.45, 7) is 2.92. The third-order valence-corrected chi connectivity index (χ3v) is 6.74. The Kier molecular flexibility index (Phi) is 5.53. The zero-order valence-corrected chi connectivity index (χ0v) is 20.8. The number of nitrogens with zero attached hydrogens (tertiary/aromatic N) is 4. The maximum Gasteiger partial charge on any atom is 0.251 e. The lowest BCUT2D eigenvalue weighted by molar-refractivity contribution is 0.0951. The van der Waals surface area contributed by atoms with Gasteiger partial charge in [-0.1, -0.05) is 36.4 Å². The third-order valence-electron chi connectivity index (χ3n) is 6.74. The molecule has 0 aliphatic heterocycles. The van der Waals surface area contributed by atoms with E-state index in [-0.39, 0.29) is 5.91 Å². The van der Waals surface area contributed by atoms with Crippen molar-refractivity contribution >= 4 is 27.7 Å². The quantitative estimate of drug-likeness (QED) is 0.352. The summed E-state index contributed by atoms with van der Waals surface area (Å²) in [5, 5.41) is 9.99. The Hall–Kier alpha value is -4.03. The maximum atomic E-state index is 12.7. The average molecular weight is 476 g/mol. The van der Waals surface area contributed by atoms with Gasteiger partial charge < -0.3 is 10.2 Å². The molecule has 36 heavy (non-hydrogen) atoms. The van der Waals surface area contributed by atoms with E-state index in [0.29, 0.717) is 11.6 Å². The van der Waals surface area contributed by atoms with E-state index in [1.54, 1.807) is 0 Å². The topological polar surface area (TPSA) is 63.1 Å². The molecule has 1 fully saturated rings. The van der Waals surface area contributed by atoms with Gasteiger partial charge in [-0.05, 0) is 80.9 Å². The van der Waals surface area contributed by atoms with Gasteiger partial charge >= 0.3 is 0 Å². The van der Waals surface area contributed by atoms with Gasteiger partial charge in [0.15, 0.2) is 0 Å². The van der Waals surface area contributed by atoms with Gasteiger partial charge in [-0.3, -0.25) is 9.78 Å². The summed E-state index contributed by atoms with van der Waals surface area (Å²) in [7, 11) is 4.16. The van der Waals surface area contributed by atoms with Crippen LogP contribution in [0.15, 0.2) is 72.9 Å². The number of benzene rings is 3. The first-order chi connectivity index (χ1) is 17.5. The molecule has 0 radical (unpaired) electrons. The summed E-state index contributed by atoms with van der Waals surface area (Å²) in [4.78, 5) is 19.6. The molecule has 3 aromatic carbocycles. The summed E-state index contributed by atoms with van der Waals surface area (Å²) in [6.07, 6.45) is 4.03. The van der Waals surface area contributed by atoms with E-state index in [1.807, 2.05) is 42.1 Å². The summed E-state index contributed by atoms with van der Waals surface area (Å²) < 4.78 is 1.95. The number of aromatic nitrogens is 3. The lowest BCUT2D eigenvalue weighted by atomic mass is 10.0. The largest absolute Gasteiger partial charge is 0.349 e. The third kappa shape index (κ3) is 4.25. The number of hydrogen-bond donors (Lipinski definition) is 1. The molecule has 180 valence electrons. The predicted molar refractivity (Wildman–Crippen MR) is 144 cm³/mol. The second-order valence-corrected chi connectivity index (χ2v) is 9.98. The van der Waals surface area contributed by atoms with Crippen LogP contribution in [-0.2, 0) is 6.54 Å². The second-order valence-electron chi connectivity index (χ2n) is 9.98. The molecule has 5 aromatic rings. The minimum atomic E-state index is -0.0286. The molecular formula is C30H29N5O. The fourth-order valence-electron chi connectivity index (χ4n) is 4.73. The fraction of sp³-hybridized carbons (Fsp3) is 0.233. The van der Waals surface area contributed by atoms with Crippen LogP contribution in [0.2, 0.25) is 0 Å². The monoisotopic (exact) mass is 475 g/mol. The average Bonchev–Trinajstić information content (AvgIpc) is 3.63. The number of carbonyl (C=O) groups excluding carboxylic acids is 1. The van der Waals surface area contributed by atoms with Crippen LogP contribution in [0.4, 0.5) is 0 Å². The number of pyridine rings is 1. The Morgan fingerprint density at radius 2 is 1.78 bits per heavy atom. The van der Waals surface area contributed by atoms with Crippen molar-refractivity contribution in [1.82, 2.24) is 25.0 Å². The van der Waals surface area contributed by atoms with Gasteiger partial charge in [0, 0.05) is 35.1 Å². The zero-order valence-electron chi connectivity index (χ0n) is 20.8. The molecule has 6 rings (SSSR count). The molecule has 1 amide bonds. The smallest absolute Gasteiger partial charge is 0.251 e. The number of nitrogens with one attached hydrogen (secondary N) is 1. The number of amides is 1. The van der Waals surface area contributed by atoms with Crippen molar-refractivity contribution < 1.29 is 4.79 Å². The molecule has 1 aliphatic carbocycles. The normalized spacial score (nSPS) is 13.6. The minimum absolute atomic E-state index is 0.0286. The second kappa shape index (κ2) is 8.88. The highest BCUT2D eigenvalue weighted by atomic mass is 16.1. The Morgan fingerprint density at radius 1 is 1.00 bits per heavy atom. The summed E-state index contributed by atoms with van der Waals surface area (Å²) >= 11 is 0. The van der Waals surface area contributed by atoms with Gasteiger partial charge in [0.25, 0.3) is 5.91 Å². The predicted octanol–water partition coefficient (Wildman–Crippen LogP) is 5.50. The van der Waals surface area contributed by atoms with Gasteiger partial charge in [-0.2, -0.15) is 5.10 Å². The van der Waals surface area contributed by atoms with Crippen molar-refractivity contribution in [2.45, 2.75) is 32.4 Å². The standard InChI is InChI=1S/C30H29N5O/c1-19-27-17-31-28-14-11-22(21-9-7-20(8-10-21)18-34(2)3)16-26(28)29(27)35(33-19)25-6-4-5-23(15-25)30(36)32-24-12-13-24/h4-11,14-17,24H,12-13,18H2,1-3H3,(H,32,36). The van der Waals surface area contributed by atoms with E-state index >= 15 is 0 Å². The van der Waals surface area contributed by atoms with Gasteiger partial charge in [0.05, 0.1) is 22.4 Å². The van der Waals surface area contributed by atoms with Crippen LogP contribution in [-0.4, -0.2) is 45.7 Å². The summed E-state index contributed by atoms with van der Waals surface area (Å²) in [5.74, 6) is -0.0286. The van der Waals surface area contributed by atoms with Crippen LogP contribution < -0.4 is 5.32 Å². The Morgan fingerprint density at radius 3 is 2.53 bits per heavy atom. The lowest BCUT2D eigenvalue weighted by Crippen LogP contribution is -2.25. The molecule has 1 saturated carbocycles. The van der Waals surface area contributed by atoms with E-state index in [1.165, 1.54) is 5.56 Å². The molecular weight excluding hydrogens is 446 g/mol. The van der Waals surface area contributed by atoms with Gasteiger partial charge in [0.1, 0.15) is 0 Å². The molecule has 2 aromatic heterocycles. The Balaban J connectivity index is 1.46. The van der Waals surface area contributed by atoms with E-state index in [4.69, 9.17) is 10.1 Å². The molecule has 0 spiro atoms.